The van der Waals surface area contributed by atoms with E-state index in [4.69, 9.17) is 0 Å². The van der Waals surface area contributed by atoms with Crippen LogP contribution in [0.4, 0.5) is 0 Å². The highest BCUT2D eigenvalue weighted by molar-refractivity contribution is 5.99. The number of rotatable bonds is 2. The van der Waals surface area contributed by atoms with Gasteiger partial charge >= 0.3 is 0 Å². The first-order valence-electron chi connectivity index (χ1n) is 4.93. The predicted molar refractivity (Wildman–Crippen MR) is 53.6 cm³/mol. The number of aromatic nitrogens is 1. The van der Waals surface area contributed by atoms with Gasteiger partial charge in [-0.3, -0.25) is 10.4 Å². The smallest absolute Gasteiger partial charge is 0.159 e. The molecular formula is C10H12N4. The Labute approximate surface area is 82.6 Å². The Morgan fingerprint density at radius 2 is 2.36 bits per heavy atom. The quantitative estimate of drug-likeness (QED) is 0.745. The second kappa shape index (κ2) is 2.97. The molecule has 1 aromatic rings. The number of pyridine rings is 1. The lowest BCUT2D eigenvalue weighted by Gasteiger charge is -2.17. The van der Waals surface area contributed by atoms with Crippen molar-refractivity contribution < 1.29 is 0 Å². The number of hydrogen-bond donors (Lipinski definition) is 1. The van der Waals surface area contributed by atoms with Crippen molar-refractivity contribution in [2.24, 2.45) is 5.10 Å². The second-order valence-corrected chi connectivity index (χ2v) is 3.69. The molecule has 2 heterocycles. The van der Waals surface area contributed by atoms with E-state index >= 15 is 0 Å². The largest absolute Gasteiger partial charge is 0.333 e. The summed E-state index contributed by atoms with van der Waals surface area (Å²) in [5.41, 5.74) is 4.13. The van der Waals surface area contributed by atoms with Crippen LogP contribution in [0.3, 0.4) is 0 Å². The summed E-state index contributed by atoms with van der Waals surface area (Å²) in [6.45, 7) is 0.842. The Balaban J connectivity index is 1.90. The average Bonchev–Trinajstić information content (AvgIpc) is 2.98. The van der Waals surface area contributed by atoms with Gasteiger partial charge in [0.25, 0.3) is 0 Å². The van der Waals surface area contributed by atoms with Gasteiger partial charge in [0.2, 0.25) is 0 Å². The lowest BCUT2D eigenvalue weighted by molar-refractivity contribution is 0.416. The molecule has 1 aliphatic heterocycles. The van der Waals surface area contributed by atoms with Crippen LogP contribution in [0.15, 0.2) is 29.6 Å². The monoisotopic (exact) mass is 188 g/mol. The molecule has 0 spiro atoms. The maximum absolute atomic E-state index is 4.30. The predicted octanol–water partition coefficient (Wildman–Crippen LogP) is 0.768. The summed E-state index contributed by atoms with van der Waals surface area (Å²) in [4.78, 5) is 6.42. The van der Waals surface area contributed by atoms with Crippen molar-refractivity contribution >= 4 is 5.84 Å². The molecule has 2 aliphatic rings. The summed E-state index contributed by atoms with van der Waals surface area (Å²) in [7, 11) is 0. The molecule has 1 saturated carbocycles. The lowest BCUT2D eigenvalue weighted by Crippen LogP contribution is -2.32. The molecule has 3 rings (SSSR count). The third-order valence-electron chi connectivity index (χ3n) is 2.61. The molecule has 0 atom stereocenters. The fourth-order valence-corrected chi connectivity index (χ4v) is 1.74. The first-order chi connectivity index (χ1) is 6.95. The van der Waals surface area contributed by atoms with Gasteiger partial charge < -0.3 is 4.90 Å². The number of nitrogens with zero attached hydrogens (tertiary/aromatic N) is 3. The molecule has 1 aromatic heterocycles. The fraction of sp³-hybridized carbons (Fsp3) is 0.400. The van der Waals surface area contributed by atoms with Gasteiger partial charge in [-0.15, -0.1) is 0 Å². The fourth-order valence-electron chi connectivity index (χ4n) is 1.74. The molecule has 0 amide bonds. The highest BCUT2D eigenvalue weighted by Gasteiger charge is 2.33. The van der Waals surface area contributed by atoms with Crippen LogP contribution in [-0.4, -0.2) is 28.4 Å². The van der Waals surface area contributed by atoms with Gasteiger partial charge in [-0.1, -0.05) is 0 Å². The average molecular weight is 188 g/mol. The van der Waals surface area contributed by atoms with Gasteiger partial charge in [-0.2, -0.15) is 5.10 Å². The summed E-state index contributed by atoms with van der Waals surface area (Å²) >= 11 is 0. The molecule has 0 radical (unpaired) electrons. The van der Waals surface area contributed by atoms with Crippen molar-refractivity contribution in [2.45, 2.75) is 18.9 Å². The zero-order valence-corrected chi connectivity index (χ0v) is 7.85. The summed E-state index contributed by atoms with van der Waals surface area (Å²) in [6.07, 6.45) is 6.23. The zero-order chi connectivity index (χ0) is 9.38. The van der Waals surface area contributed by atoms with Crippen LogP contribution < -0.4 is 5.43 Å². The maximum atomic E-state index is 4.30. The van der Waals surface area contributed by atoms with Crippen molar-refractivity contribution in [3.8, 4) is 0 Å². The number of hydrogen-bond acceptors (Lipinski definition) is 4. The van der Waals surface area contributed by atoms with E-state index in [0.29, 0.717) is 6.04 Å². The van der Waals surface area contributed by atoms with Crippen LogP contribution in [0, 0.1) is 0 Å². The van der Waals surface area contributed by atoms with E-state index < -0.39 is 0 Å². The molecule has 72 valence electrons. The van der Waals surface area contributed by atoms with Crippen molar-refractivity contribution in [1.82, 2.24) is 15.3 Å². The third kappa shape index (κ3) is 1.23. The minimum atomic E-state index is 0.698. The minimum Gasteiger partial charge on any atom is -0.333 e. The van der Waals surface area contributed by atoms with E-state index in [0.717, 1.165) is 18.1 Å². The molecule has 1 N–H and O–H groups in total. The Kier molecular flexibility index (Phi) is 1.65. The highest BCUT2D eigenvalue weighted by Crippen LogP contribution is 2.29. The Morgan fingerprint density at radius 1 is 1.43 bits per heavy atom. The maximum Gasteiger partial charge on any atom is 0.159 e. The molecule has 0 unspecified atom stereocenters. The molecule has 14 heavy (non-hydrogen) atoms. The van der Waals surface area contributed by atoms with Gasteiger partial charge in [-0.25, -0.2) is 0 Å². The Morgan fingerprint density at radius 3 is 3.07 bits per heavy atom. The lowest BCUT2D eigenvalue weighted by atomic mass is 10.2. The van der Waals surface area contributed by atoms with Crippen LogP contribution in [0.5, 0.6) is 0 Å². The molecule has 0 saturated heterocycles. The van der Waals surface area contributed by atoms with Crippen LogP contribution in [0.2, 0.25) is 0 Å². The first kappa shape index (κ1) is 7.79. The third-order valence-corrected chi connectivity index (χ3v) is 2.61. The van der Waals surface area contributed by atoms with Crippen molar-refractivity contribution in [1.29, 1.82) is 0 Å². The zero-order valence-electron chi connectivity index (χ0n) is 7.85. The molecule has 4 heteroatoms. The molecule has 0 bridgehead atoms. The van der Waals surface area contributed by atoms with E-state index in [1.807, 2.05) is 18.3 Å². The van der Waals surface area contributed by atoms with Gasteiger partial charge in [0, 0.05) is 24.0 Å². The molecule has 1 aliphatic carbocycles. The summed E-state index contributed by atoms with van der Waals surface area (Å²) in [5.74, 6) is 1.04. The summed E-state index contributed by atoms with van der Waals surface area (Å²) in [5, 5.41) is 4.30. The molecular weight excluding hydrogens is 176 g/mol. The first-order valence-corrected chi connectivity index (χ1v) is 4.93. The molecule has 0 aromatic carbocycles. The van der Waals surface area contributed by atoms with Crippen molar-refractivity contribution in [2.75, 3.05) is 6.67 Å². The van der Waals surface area contributed by atoms with Crippen molar-refractivity contribution in [3.63, 3.8) is 0 Å². The van der Waals surface area contributed by atoms with Gasteiger partial charge in [0.05, 0.1) is 0 Å². The van der Waals surface area contributed by atoms with Gasteiger partial charge in [0.1, 0.15) is 6.67 Å². The van der Waals surface area contributed by atoms with Crippen LogP contribution in [-0.2, 0) is 0 Å². The van der Waals surface area contributed by atoms with E-state index in [9.17, 15) is 0 Å². The molecule has 1 fully saturated rings. The number of hydrazone groups is 1. The SMILES string of the molecule is c1cncc(C2=NNCN2C2CC2)c1. The van der Waals surface area contributed by atoms with E-state index in [2.05, 4.69) is 20.4 Å². The van der Waals surface area contributed by atoms with Crippen LogP contribution in [0.1, 0.15) is 18.4 Å². The highest BCUT2D eigenvalue weighted by atomic mass is 15.5. The topological polar surface area (TPSA) is 40.5 Å². The second-order valence-electron chi connectivity index (χ2n) is 3.69. The summed E-state index contributed by atoms with van der Waals surface area (Å²) < 4.78 is 0. The van der Waals surface area contributed by atoms with E-state index in [1.165, 1.54) is 12.8 Å². The molecule has 4 nitrogen and oxygen atoms in total. The summed E-state index contributed by atoms with van der Waals surface area (Å²) in [6, 6.07) is 4.69. The number of nitrogens with one attached hydrogen (secondary N) is 1. The van der Waals surface area contributed by atoms with Crippen LogP contribution >= 0.6 is 0 Å². The van der Waals surface area contributed by atoms with E-state index in [-0.39, 0.29) is 0 Å². The minimum absolute atomic E-state index is 0.698. The van der Waals surface area contributed by atoms with Gasteiger partial charge in [0.15, 0.2) is 5.84 Å². The Hall–Kier alpha value is -1.58. The van der Waals surface area contributed by atoms with Crippen LogP contribution in [0.25, 0.3) is 0 Å². The van der Waals surface area contributed by atoms with Crippen molar-refractivity contribution in [3.05, 3.63) is 30.1 Å². The standard InChI is InChI=1S/C10H12N4/c1-2-8(6-11-5-1)10-13-12-7-14(10)9-3-4-9/h1-2,5-6,9,12H,3-4,7H2. The Bertz CT molecular complexity index is 356. The van der Waals surface area contributed by atoms with Gasteiger partial charge in [-0.05, 0) is 25.0 Å². The van der Waals surface area contributed by atoms with E-state index in [1.54, 1.807) is 6.20 Å². The number of amidine groups is 1. The normalized spacial score (nSPS) is 20.6.